The van der Waals surface area contributed by atoms with Gasteiger partial charge in [-0.3, -0.25) is 0 Å². The Hall–Kier alpha value is -4.88. The van der Waals surface area contributed by atoms with Crippen molar-refractivity contribution in [1.82, 2.24) is 0 Å². The summed E-state index contributed by atoms with van der Waals surface area (Å²) in [6, 6.07) is 44.8. The molecule has 5 aromatic carbocycles. The maximum absolute atomic E-state index is 12.6. The Morgan fingerprint density at radius 2 is 0.938 bits per heavy atom. The van der Waals surface area contributed by atoms with E-state index in [0.29, 0.717) is 53.3 Å². The van der Waals surface area contributed by atoms with E-state index in [2.05, 4.69) is 183 Å². The molecule has 6 rings (SSSR count). The number of hydrogen-bond donors (Lipinski definition) is 0. The van der Waals surface area contributed by atoms with Crippen LogP contribution in [0.4, 0.5) is 13.2 Å². The summed E-state index contributed by atoms with van der Waals surface area (Å²) in [6.07, 6.45) is 8.67. The molecule has 5 aromatic rings. The smallest absolute Gasteiger partial charge is 0.159 e. The predicted molar refractivity (Wildman–Crippen MR) is 340 cm³/mol. The Morgan fingerprint density at radius 1 is 0.525 bits per heavy atom. The number of ether oxygens (including phenoxy) is 1. The van der Waals surface area contributed by atoms with Crippen molar-refractivity contribution in [2.45, 2.75) is 213 Å². The molecule has 7 heteroatoms. The van der Waals surface area contributed by atoms with E-state index in [1.165, 1.54) is 60.9 Å². The van der Waals surface area contributed by atoms with Gasteiger partial charge in [-0.2, -0.15) is 10.5 Å². The third-order valence-corrected chi connectivity index (χ3v) is 14.5. The molecule has 3 atom stereocenters. The monoisotopic (exact) mass is 1120 g/mol. The molecule has 3 unspecified atom stereocenters. The minimum absolute atomic E-state index is 0.205. The van der Waals surface area contributed by atoms with E-state index in [-0.39, 0.29) is 16.8 Å². The van der Waals surface area contributed by atoms with Crippen molar-refractivity contribution in [3.63, 3.8) is 0 Å². The highest BCUT2D eigenvalue weighted by Gasteiger charge is 2.27. The van der Waals surface area contributed by atoms with Gasteiger partial charge in [0.1, 0.15) is 5.82 Å². The summed E-state index contributed by atoms with van der Waals surface area (Å²) in [5.74, 6) is 3.92. The maximum atomic E-state index is 12.6. The average Bonchev–Trinajstić information content (AvgIpc) is 3.38. The van der Waals surface area contributed by atoms with Gasteiger partial charge in [0.25, 0.3) is 0 Å². The lowest BCUT2D eigenvalue weighted by molar-refractivity contribution is 0.0140. The van der Waals surface area contributed by atoms with Crippen LogP contribution in [0.2, 0.25) is 5.02 Å². The summed E-state index contributed by atoms with van der Waals surface area (Å²) in [7, 11) is 0. The number of hydrogen-bond acceptors (Lipinski definition) is 3. The quantitative estimate of drug-likeness (QED) is 0.105. The standard InChI is InChI=1S/C13H17N.C12H15N.C12H18.C10H20O.C9H10ClF.C9H10F2.C8H18/c1-11(2)13(9-6-10-14)12-7-4-3-5-8-12;1-10(2)12(8-9-13)11-6-4-3-5-7-11;1-4-12(10(2)3)11-8-6-5-7-9-11;1-9(2)8-10(3)4-6-11-7-5-10;1-6(2)7-3-4-9(11)8(10)5-7;1-6(2)7-3-4-8(10)9(11)5-7;1-7(2)6-8(3,4)5/h3-5,7-8,11,13H,6,9H2,1-2H3;3-7,10,12H,8H2,1-2H3;5-10,12H,4H2,1-3H3;9H,4-8H2,1-3H3;2*3-6H,1-2H3;7H,6H2,1-5H3. The summed E-state index contributed by atoms with van der Waals surface area (Å²) in [5.41, 5.74) is 7.10. The number of benzene rings is 5. The molecule has 1 fully saturated rings. The van der Waals surface area contributed by atoms with E-state index in [4.69, 9.17) is 26.9 Å². The molecular formula is C73H108ClF3N2O. The van der Waals surface area contributed by atoms with Gasteiger partial charge in [0.2, 0.25) is 0 Å². The molecule has 444 valence electrons. The summed E-state index contributed by atoms with van der Waals surface area (Å²) in [4.78, 5) is 0. The zero-order valence-electron chi connectivity index (χ0n) is 53.3. The molecule has 0 N–H and O–H groups in total. The van der Waals surface area contributed by atoms with Crippen molar-refractivity contribution in [3.8, 4) is 12.1 Å². The summed E-state index contributed by atoms with van der Waals surface area (Å²) in [6.45, 7) is 43.9. The van der Waals surface area contributed by atoms with Crippen LogP contribution in [0.5, 0.6) is 0 Å². The molecule has 1 heterocycles. The van der Waals surface area contributed by atoms with Crippen molar-refractivity contribution in [3.05, 3.63) is 178 Å². The molecule has 3 nitrogen and oxygen atoms in total. The lowest BCUT2D eigenvalue weighted by Crippen LogP contribution is -2.27. The van der Waals surface area contributed by atoms with Gasteiger partial charge < -0.3 is 4.74 Å². The number of rotatable bonds is 15. The minimum Gasteiger partial charge on any atom is -0.381 e. The number of halogens is 4. The molecule has 0 saturated carbocycles. The molecule has 0 amide bonds. The topological polar surface area (TPSA) is 56.8 Å². The van der Waals surface area contributed by atoms with E-state index in [0.717, 1.165) is 60.5 Å². The van der Waals surface area contributed by atoms with Crippen LogP contribution in [0.25, 0.3) is 0 Å². The first-order valence-corrected chi connectivity index (χ1v) is 30.3. The highest BCUT2D eigenvalue weighted by Crippen LogP contribution is 2.36. The van der Waals surface area contributed by atoms with Crippen LogP contribution >= 0.6 is 11.6 Å². The predicted octanol–water partition coefficient (Wildman–Crippen LogP) is 23.5. The molecule has 0 aromatic heterocycles. The van der Waals surface area contributed by atoms with Gasteiger partial charge in [-0.15, -0.1) is 0 Å². The van der Waals surface area contributed by atoms with Crippen molar-refractivity contribution in [1.29, 1.82) is 10.5 Å². The summed E-state index contributed by atoms with van der Waals surface area (Å²) in [5, 5.41) is 17.5. The molecule has 0 spiro atoms. The fraction of sp³-hybridized carbons (Fsp3) is 0.562. The minimum atomic E-state index is -0.783. The third kappa shape index (κ3) is 33.8. The van der Waals surface area contributed by atoms with E-state index in [9.17, 15) is 13.2 Å². The Kier molecular flexibility index (Phi) is 38.7. The summed E-state index contributed by atoms with van der Waals surface area (Å²) >= 11 is 5.58. The van der Waals surface area contributed by atoms with Crippen LogP contribution < -0.4 is 0 Å². The normalized spacial score (nSPS) is 13.7. The second-order valence-corrected chi connectivity index (χ2v) is 26.0. The Balaban J connectivity index is 0.000000915. The van der Waals surface area contributed by atoms with Gasteiger partial charge in [0, 0.05) is 26.1 Å². The number of nitriles is 2. The second-order valence-electron chi connectivity index (χ2n) is 25.6. The van der Waals surface area contributed by atoms with Gasteiger partial charge in [-0.1, -0.05) is 246 Å². The molecule has 1 saturated heterocycles. The molecular weight excluding hydrogens is 1010 g/mol. The molecule has 0 bridgehead atoms. The zero-order chi connectivity index (χ0) is 61.0. The van der Waals surface area contributed by atoms with Crippen LogP contribution in [0.15, 0.2) is 127 Å². The van der Waals surface area contributed by atoms with Crippen molar-refractivity contribution < 1.29 is 17.9 Å². The first kappa shape index (κ1) is 75.1. The van der Waals surface area contributed by atoms with Crippen LogP contribution in [0.3, 0.4) is 0 Å². The maximum Gasteiger partial charge on any atom is 0.159 e. The Morgan fingerprint density at radius 3 is 1.26 bits per heavy atom. The van der Waals surface area contributed by atoms with Gasteiger partial charge in [-0.25, -0.2) is 13.2 Å². The van der Waals surface area contributed by atoms with Crippen molar-refractivity contribution in [2.75, 3.05) is 13.2 Å². The van der Waals surface area contributed by atoms with Gasteiger partial charge in [-0.05, 0) is 161 Å². The Bertz CT molecular complexity index is 2350. The fourth-order valence-corrected chi connectivity index (χ4v) is 10.3. The Labute approximate surface area is 493 Å². The average molecular weight is 1120 g/mol. The highest BCUT2D eigenvalue weighted by atomic mass is 35.5. The first-order valence-electron chi connectivity index (χ1n) is 29.9. The molecule has 0 aliphatic carbocycles. The van der Waals surface area contributed by atoms with Crippen LogP contribution in [-0.2, 0) is 4.74 Å². The van der Waals surface area contributed by atoms with Gasteiger partial charge in [0.15, 0.2) is 11.6 Å². The lowest BCUT2D eigenvalue weighted by atomic mass is 9.76. The largest absolute Gasteiger partial charge is 0.381 e. The second kappa shape index (κ2) is 41.2. The third-order valence-electron chi connectivity index (χ3n) is 14.3. The van der Waals surface area contributed by atoms with E-state index >= 15 is 0 Å². The van der Waals surface area contributed by atoms with Crippen LogP contribution in [0.1, 0.15) is 240 Å². The lowest BCUT2D eigenvalue weighted by Gasteiger charge is -2.34. The zero-order valence-corrected chi connectivity index (χ0v) is 54.0. The van der Waals surface area contributed by atoms with E-state index < -0.39 is 11.6 Å². The molecule has 1 aliphatic rings. The van der Waals surface area contributed by atoms with E-state index in [1.54, 1.807) is 18.2 Å². The molecule has 0 radical (unpaired) electrons. The van der Waals surface area contributed by atoms with E-state index in [1.807, 2.05) is 52.0 Å². The number of nitrogens with zero attached hydrogens (tertiary/aromatic N) is 2. The SMILES string of the molecule is CC(C)C(CC#N)c1ccccc1.CC(C)C(CCC#N)c1ccccc1.CC(C)CC(C)(C)C.CC(C)CC1(C)CCOCC1.CC(C)c1ccc(F)c(Cl)c1.CC(C)c1ccc(F)c(F)c1.CCC(c1ccccc1)C(C)C. The van der Waals surface area contributed by atoms with Crippen LogP contribution in [0, 0.1) is 80.5 Å². The van der Waals surface area contributed by atoms with Crippen LogP contribution in [-0.4, -0.2) is 13.2 Å². The molecule has 80 heavy (non-hydrogen) atoms. The first-order chi connectivity index (χ1) is 37.5. The summed E-state index contributed by atoms with van der Waals surface area (Å²) < 4.78 is 42.9. The highest BCUT2D eigenvalue weighted by molar-refractivity contribution is 6.30. The van der Waals surface area contributed by atoms with Gasteiger partial charge >= 0.3 is 0 Å². The van der Waals surface area contributed by atoms with Gasteiger partial charge in [0.05, 0.1) is 17.2 Å². The van der Waals surface area contributed by atoms with Crippen molar-refractivity contribution in [2.24, 2.45) is 40.4 Å². The molecule has 1 aliphatic heterocycles. The fourth-order valence-electron chi connectivity index (χ4n) is 10.2. The van der Waals surface area contributed by atoms with Crippen molar-refractivity contribution >= 4 is 11.6 Å².